The van der Waals surface area contributed by atoms with E-state index in [1.807, 2.05) is 41.1 Å². The zero-order valence-corrected chi connectivity index (χ0v) is 22.4. The normalized spacial score (nSPS) is 16.3. The molecule has 0 saturated heterocycles. The second-order valence-electron chi connectivity index (χ2n) is 9.79. The van der Waals surface area contributed by atoms with Crippen molar-refractivity contribution in [3.63, 3.8) is 0 Å². The van der Waals surface area contributed by atoms with Crippen molar-refractivity contribution in [1.29, 1.82) is 0 Å². The van der Waals surface area contributed by atoms with Gasteiger partial charge in [-0.25, -0.2) is 4.68 Å². The van der Waals surface area contributed by atoms with Gasteiger partial charge in [0.25, 0.3) is 5.91 Å². The fourth-order valence-electron chi connectivity index (χ4n) is 5.17. The summed E-state index contributed by atoms with van der Waals surface area (Å²) in [6.07, 6.45) is 14.1. The Bertz CT molecular complexity index is 1180. The molecule has 2 heterocycles. The second-order valence-corrected chi connectivity index (χ2v) is 10.2. The molecule has 0 saturated carbocycles. The molecule has 36 heavy (non-hydrogen) atoms. The van der Waals surface area contributed by atoms with Crippen molar-refractivity contribution < 1.29 is 4.79 Å². The van der Waals surface area contributed by atoms with Crippen LogP contribution in [0.5, 0.6) is 0 Å². The van der Waals surface area contributed by atoms with Crippen molar-refractivity contribution in [2.24, 2.45) is 5.92 Å². The van der Waals surface area contributed by atoms with E-state index < -0.39 is 0 Å². The van der Waals surface area contributed by atoms with Gasteiger partial charge in [-0.15, -0.1) is 0 Å². The number of allylic oxidation sites excluding steroid dienone is 1. The lowest BCUT2D eigenvalue weighted by Crippen LogP contribution is -2.38. The Kier molecular flexibility index (Phi) is 8.98. The maximum absolute atomic E-state index is 13.6. The molecule has 0 bridgehead atoms. The summed E-state index contributed by atoms with van der Waals surface area (Å²) in [6.45, 7) is 6.55. The Balaban J connectivity index is 1.76. The lowest BCUT2D eigenvalue weighted by Gasteiger charge is -2.23. The third-order valence-electron chi connectivity index (χ3n) is 7.26. The Hall–Kier alpha value is -2.92. The van der Waals surface area contributed by atoms with Crippen LogP contribution in [0.2, 0.25) is 5.02 Å². The zero-order chi connectivity index (χ0) is 25.5. The highest BCUT2D eigenvalue weighted by atomic mass is 35.5. The van der Waals surface area contributed by atoms with Crippen molar-refractivity contribution in [2.75, 3.05) is 0 Å². The standard InChI is InChI=1S/C30H37ClN4O/c1-4-6-9-23(5-2)21(3)33-30(36)28-27-11-8-7-10-24(20-22-12-14-25(31)15-13-22)29(27)35(34-28)26-16-18-32-19-17-26/h12-21,23H,4-11H2,1-3H3,(H,33,36)/b24-20+/t21-,23?/m1/s1. The average molecular weight is 505 g/mol. The van der Waals surface area contributed by atoms with Crippen LogP contribution >= 0.6 is 11.6 Å². The molecule has 1 unspecified atom stereocenters. The van der Waals surface area contributed by atoms with Gasteiger partial charge in [0.05, 0.1) is 11.4 Å². The molecule has 6 heteroatoms. The summed E-state index contributed by atoms with van der Waals surface area (Å²) in [6, 6.07) is 11.9. The number of fused-ring (bicyclic) bond motifs is 1. The largest absolute Gasteiger partial charge is 0.348 e. The van der Waals surface area contributed by atoms with Crippen LogP contribution in [-0.4, -0.2) is 26.7 Å². The molecule has 1 aliphatic carbocycles. The smallest absolute Gasteiger partial charge is 0.272 e. The van der Waals surface area contributed by atoms with Crippen molar-refractivity contribution in [3.05, 3.63) is 76.3 Å². The topological polar surface area (TPSA) is 59.8 Å². The van der Waals surface area contributed by atoms with E-state index in [1.54, 1.807) is 12.4 Å². The van der Waals surface area contributed by atoms with Crippen LogP contribution in [-0.2, 0) is 6.42 Å². The molecule has 1 aromatic carbocycles. The molecule has 1 aliphatic rings. The quantitative estimate of drug-likeness (QED) is 0.306. The molecule has 2 aromatic heterocycles. The summed E-state index contributed by atoms with van der Waals surface area (Å²) in [4.78, 5) is 17.8. The number of amides is 1. The van der Waals surface area contributed by atoms with Gasteiger partial charge in [0.15, 0.2) is 5.69 Å². The van der Waals surface area contributed by atoms with Crippen LogP contribution in [0.1, 0.15) is 93.0 Å². The molecule has 0 radical (unpaired) electrons. The summed E-state index contributed by atoms with van der Waals surface area (Å²) in [5, 5.41) is 8.95. The summed E-state index contributed by atoms with van der Waals surface area (Å²) in [5.74, 6) is 0.393. The number of pyridine rings is 1. The number of hydrogen-bond donors (Lipinski definition) is 1. The Labute approximate surface area is 220 Å². The lowest BCUT2D eigenvalue weighted by molar-refractivity contribution is 0.0917. The van der Waals surface area contributed by atoms with Crippen molar-refractivity contribution in [3.8, 4) is 5.69 Å². The van der Waals surface area contributed by atoms with E-state index >= 15 is 0 Å². The number of aromatic nitrogens is 3. The van der Waals surface area contributed by atoms with Crippen molar-refractivity contribution in [1.82, 2.24) is 20.1 Å². The van der Waals surface area contributed by atoms with E-state index in [4.69, 9.17) is 16.7 Å². The van der Waals surface area contributed by atoms with Gasteiger partial charge in [-0.3, -0.25) is 9.78 Å². The molecule has 1 N–H and O–H groups in total. The Morgan fingerprint density at radius 3 is 2.53 bits per heavy atom. The van der Waals surface area contributed by atoms with Gasteiger partial charge in [-0.1, -0.05) is 56.8 Å². The fraction of sp³-hybridized carbons (Fsp3) is 0.433. The lowest BCUT2D eigenvalue weighted by atomic mass is 9.92. The molecule has 1 amide bonds. The number of carbonyl (C=O) groups excluding carboxylic acids is 1. The number of halogens is 1. The minimum Gasteiger partial charge on any atom is -0.348 e. The van der Waals surface area contributed by atoms with Gasteiger partial charge in [0.1, 0.15) is 0 Å². The molecular formula is C30H37ClN4O. The first-order valence-corrected chi connectivity index (χ1v) is 13.7. The second kappa shape index (κ2) is 12.4. The van der Waals surface area contributed by atoms with Crippen LogP contribution in [0.15, 0.2) is 48.8 Å². The van der Waals surface area contributed by atoms with E-state index in [0.717, 1.165) is 66.1 Å². The number of hydrogen-bond acceptors (Lipinski definition) is 3. The Morgan fingerprint density at radius 1 is 1.11 bits per heavy atom. The monoisotopic (exact) mass is 504 g/mol. The van der Waals surface area contributed by atoms with Crippen LogP contribution in [0, 0.1) is 5.92 Å². The van der Waals surface area contributed by atoms with Crippen LogP contribution < -0.4 is 5.32 Å². The zero-order valence-electron chi connectivity index (χ0n) is 21.6. The number of nitrogens with zero attached hydrogens (tertiary/aromatic N) is 3. The number of benzene rings is 1. The maximum Gasteiger partial charge on any atom is 0.272 e. The van der Waals surface area contributed by atoms with E-state index in [0.29, 0.717) is 11.6 Å². The minimum atomic E-state index is -0.0748. The molecule has 5 nitrogen and oxygen atoms in total. The summed E-state index contributed by atoms with van der Waals surface area (Å²) in [7, 11) is 0. The number of unbranched alkanes of at least 4 members (excludes halogenated alkanes) is 1. The predicted molar refractivity (Wildman–Crippen MR) is 148 cm³/mol. The molecular weight excluding hydrogens is 468 g/mol. The summed E-state index contributed by atoms with van der Waals surface area (Å²) in [5.41, 5.74) is 5.80. The van der Waals surface area contributed by atoms with E-state index in [9.17, 15) is 4.79 Å². The summed E-state index contributed by atoms with van der Waals surface area (Å²) < 4.78 is 1.94. The van der Waals surface area contributed by atoms with E-state index in [-0.39, 0.29) is 11.9 Å². The first-order chi connectivity index (χ1) is 17.5. The number of nitrogens with one attached hydrogen (secondary N) is 1. The van der Waals surface area contributed by atoms with Crippen LogP contribution in [0.4, 0.5) is 0 Å². The predicted octanol–water partition coefficient (Wildman–Crippen LogP) is 7.52. The van der Waals surface area contributed by atoms with Gasteiger partial charge >= 0.3 is 0 Å². The van der Waals surface area contributed by atoms with Crippen LogP contribution in [0.25, 0.3) is 17.3 Å². The van der Waals surface area contributed by atoms with Gasteiger partial charge < -0.3 is 5.32 Å². The van der Waals surface area contributed by atoms with E-state index in [1.165, 1.54) is 18.4 Å². The molecule has 0 spiro atoms. The molecule has 190 valence electrons. The van der Waals surface area contributed by atoms with Crippen LogP contribution in [0.3, 0.4) is 0 Å². The average Bonchev–Trinajstić information content (AvgIpc) is 3.16. The highest BCUT2D eigenvalue weighted by molar-refractivity contribution is 6.30. The molecule has 0 fully saturated rings. The SMILES string of the molecule is CCCCC(CC)[C@@H](C)NC(=O)c1nn(-c2ccncc2)c2c1CCCC/C2=C\c1ccc(Cl)cc1. The molecule has 2 atom stereocenters. The first-order valence-electron chi connectivity index (χ1n) is 13.3. The van der Waals surface area contributed by atoms with E-state index in [2.05, 4.69) is 37.1 Å². The van der Waals surface area contributed by atoms with Gasteiger partial charge in [-0.2, -0.15) is 5.10 Å². The highest BCUT2D eigenvalue weighted by Crippen LogP contribution is 2.35. The molecule has 3 aromatic rings. The Morgan fingerprint density at radius 2 is 1.83 bits per heavy atom. The fourth-order valence-corrected chi connectivity index (χ4v) is 5.30. The molecule has 4 rings (SSSR count). The number of rotatable bonds is 9. The molecule has 0 aliphatic heterocycles. The van der Waals surface area contributed by atoms with Gasteiger partial charge in [0, 0.05) is 29.0 Å². The third kappa shape index (κ3) is 6.07. The number of carbonyl (C=O) groups is 1. The summed E-state index contributed by atoms with van der Waals surface area (Å²) >= 11 is 6.12. The first kappa shape index (κ1) is 26.2. The van der Waals surface area contributed by atoms with Crippen molar-refractivity contribution >= 4 is 29.2 Å². The maximum atomic E-state index is 13.6. The van der Waals surface area contributed by atoms with Gasteiger partial charge in [0.2, 0.25) is 0 Å². The highest BCUT2D eigenvalue weighted by Gasteiger charge is 2.29. The third-order valence-corrected chi connectivity index (χ3v) is 7.51. The minimum absolute atomic E-state index is 0.0748. The van der Waals surface area contributed by atoms with Gasteiger partial charge in [-0.05, 0) is 86.4 Å². The van der Waals surface area contributed by atoms with Crippen molar-refractivity contribution in [2.45, 2.75) is 78.2 Å².